The largest absolute Gasteiger partial charge is 0.322 e. The first-order valence-electron chi connectivity index (χ1n) is 8.46. The number of para-hydroxylation sites is 2. The fraction of sp³-hybridized carbons (Fsp3) is 0.316. The molecular weight excluding hydrogens is 346 g/mol. The van der Waals surface area contributed by atoms with Crippen molar-refractivity contribution in [3.8, 4) is 0 Å². The van der Waals surface area contributed by atoms with Gasteiger partial charge in [0, 0.05) is 13.6 Å². The molecule has 0 bridgehead atoms. The summed E-state index contributed by atoms with van der Waals surface area (Å²) in [4.78, 5) is 17.4. The summed E-state index contributed by atoms with van der Waals surface area (Å²) >= 11 is 1.45. The van der Waals surface area contributed by atoms with Crippen molar-refractivity contribution in [2.75, 3.05) is 5.32 Å². The van der Waals surface area contributed by atoms with Crippen LogP contribution in [0.4, 0.5) is 5.69 Å². The highest BCUT2D eigenvalue weighted by Gasteiger charge is 2.21. The molecule has 0 aliphatic carbocycles. The molecular formula is C19H23N5OS. The molecule has 136 valence electrons. The molecule has 0 saturated carbocycles. The van der Waals surface area contributed by atoms with Gasteiger partial charge in [-0.3, -0.25) is 9.48 Å². The lowest BCUT2D eigenvalue weighted by molar-refractivity contribution is -0.115. The molecule has 2 heterocycles. The number of fused-ring (bicyclic) bond motifs is 1. The first kappa shape index (κ1) is 18.3. The van der Waals surface area contributed by atoms with Crippen LogP contribution in [0.1, 0.15) is 18.3 Å². The smallest absolute Gasteiger partial charge is 0.237 e. The van der Waals surface area contributed by atoms with Gasteiger partial charge in [-0.25, -0.2) is 4.98 Å². The van der Waals surface area contributed by atoms with Crippen molar-refractivity contribution >= 4 is 34.4 Å². The number of nitrogens with one attached hydrogen (secondary N) is 1. The van der Waals surface area contributed by atoms with Gasteiger partial charge in [-0.05, 0) is 32.9 Å². The number of nitrogens with zero attached hydrogens (tertiary/aromatic N) is 4. The highest BCUT2D eigenvalue weighted by molar-refractivity contribution is 8.00. The average Bonchev–Trinajstić information content (AvgIpc) is 3.07. The molecule has 0 aliphatic rings. The summed E-state index contributed by atoms with van der Waals surface area (Å²) in [6.45, 7) is 10.2. The summed E-state index contributed by atoms with van der Waals surface area (Å²) in [5.41, 5.74) is 4.50. The monoisotopic (exact) mass is 369 g/mol. The molecule has 6 nitrogen and oxygen atoms in total. The quantitative estimate of drug-likeness (QED) is 0.532. The summed E-state index contributed by atoms with van der Waals surface area (Å²) in [5.74, 6) is -0.0635. The maximum Gasteiger partial charge on any atom is 0.237 e. The number of rotatable bonds is 6. The normalized spacial score (nSPS) is 12.3. The highest BCUT2D eigenvalue weighted by Crippen LogP contribution is 2.28. The van der Waals surface area contributed by atoms with Crippen LogP contribution in [0.2, 0.25) is 0 Å². The fourth-order valence-electron chi connectivity index (χ4n) is 2.84. The molecule has 26 heavy (non-hydrogen) atoms. The second-order valence-electron chi connectivity index (χ2n) is 6.20. The number of aromatic nitrogens is 4. The number of aryl methyl sites for hydroxylation is 2. The van der Waals surface area contributed by atoms with Crippen molar-refractivity contribution in [1.82, 2.24) is 19.3 Å². The molecule has 3 aromatic rings. The predicted molar refractivity (Wildman–Crippen MR) is 107 cm³/mol. The lowest BCUT2D eigenvalue weighted by atomic mass is 10.3. The Labute approximate surface area is 157 Å². The number of thioether (sulfide) groups is 1. The number of amides is 1. The first-order valence-corrected chi connectivity index (χ1v) is 9.34. The molecule has 0 spiro atoms. The van der Waals surface area contributed by atoms with Crippen LogP contribution < -0.4 is 5.32 Å². The first-order chi connectivity index (χ1) is 12.4. The van der Waals surface area contributed by atoms with Crippen molar-refractivity contribution < 1.29 is 4.79 Å². The minimum absolute atomic E-state index is 0.0635. The van der Waals surface area contributed by atoms with Gasteiger partial charge in [0.2, 0.25) is 5.91 Å². The van der Waals surface area contributed by atoms with Gasteiger partial charge in [-0.1, -0.05) is 30.0 Å². The van der Waals surface area contributed by atoms with Crippen molar-refractivity contribution in [1.29, 1.82) is 0 Å². The zero-order valence-electron chi connectivity index (χ0n) is 15.5. The topological polar surface area (TPSA) is 64.7 Å². The van der Waals surface area contributed by atoms with Crippen LogP contribution in [0.5, 0.6) is 0 Å². The average molecular weight is 369 g/mol. The zero-order valence-corrected chi connectivity index (χ0v) is 16.3. The van der Waals surface area contributed by atoms with Crippen LogP contribution in [0.25, 0.3) is 11.0 Å². The maximum absolute atomic E-state index is 12.7. The number of hydrogen-bond donors (Lipinski definition) is 1. The Morgan fingerprint density at radius 1 is 1.38 bits per heavy atom. The van der Waals surface area contributed by atoms with Crippen LogP contribution in [-0.4, -0.2) is 30.5 Å². The molecule has 1 unspecified atom stereocenters. The molecule has 1 aromatic carbocycles. The van der Waals surface area contributed by atoms with Gasteiger partial charge in [0.15, 0.2) is 5.16 Å². The number of allylic oxidation sites excluding steroid dienone is 1. The van der Waals surface area contributed by atoms with Crippen LogP contribution in [0.3, 0.4) is 0 Å². The molecule has 0 radical (unpaired) electrons. The van der Waals surface area contributed by atoms with Gasteiger partial charge in [-0.15, -0.1) is 6.58 Å². The Morgan fingerprint density at radius 3 is 2.77 bits per heavy atom. The summed E-state index contributed by atoms with van der Waals surface area (Å²) < 4.78 is 3.85. The van der Waals surface area contributed by atoms with Crippen molar-refractivity contribution in [2.24, 2.45) is 7.05 Å². The Hall–Kier alpha value is -2.54. The molecule has 7 heteroatoms. The van der Waals surface area contributed by atoms with Crippen LogP contribution in [0, 0.1) is 13.8 Å². The second kappa shape index (κ2) is 7.37. The standard InChI is InChI=1S/C19H23N5OS/c1-6-11-24-16-10-8-7-9-15(16)20-19(24)26-14(4)18(25)21-17-12(2)22-23(5)13(17)3/h6-10,14H,1,11H2,2-5H3,(H,21,25). The number of imidazole rings is 1. The van der Waals surface area contributed by atoms with Gasteiger partial charge in [0.25, 0.3) is 0 Å². The van der Waals surface area contributed by atoms with Gasteiger partial charge in [0.1, 0.15) is 0 Å². The van der Waals surface area contributed by atoms with Gasteiger partial charge < -0.3 is 9.88 Å². The van der Waals surface area contributed by atoms with Crippen LogP contribution in [-0.2, 0) is 18.4 Å². The third-order valence-electron chi connectivity index (χ3n) is 4.34. The molecule has 1 atom stereocenters. The van der Waals surface area contributed by atoms with E-state index in [9.17, 15) is 4.79 Å². The molecule has 1 N–H and O–H groups in total. The Kier molecular flexibility index (Phi) is 5.18. The molecule has 0 aliphatic heterocycles. The van der Waals surface area contributed by atoms with Crippen LogP contribution in [0.15, 0.2) is 42.1 Å². The summed E-state index contributed by atoms with van der Waals surface area (Å²) in [6, 6.07) is 7.96. The van der Waals surface area contributed by atoms with E-state index >= 15 is 0 Å². The third-order valence-corrected chi connectivity index (χ3v) is 5.43. The summed E-state index contributed by atoms with van der Waals surface area (Å²) in [7, 11) is 1.87. The number of carbonyl (C=O) groups excluding carboxylic acids is 1. The minimum Gasteiger partial charge on any atom is -0.322 e. The van der Waals surface area contributed by atoms with E-state index in [1.54, 1.807) is 4.68 Å². The SMILES string of the molecule is C=CCn1c(SC(C)C(=O)Nc2c(C)nn(C)c2C)nc2ccccc21. The van der Waals surface area contributed by atoms with Gasteiger partial charge in [0.05, 0.1) is 33.4 Å². The Balaban J connectivity index is 1.82. The number of carbonyl (C=O) groups is 1. The molecule has 0 saturated heterocycles. The third kappa shape index (κ3) is 3.39. The minimum atomic E-state index is -0.297. The molecule has 0 fully saturated rings. The predicted octanol–water partition coefficient (Wildman–Crippen LogP) is 3.69. The second-order valence-corrected chi connectivity index (χ2v) is 7.51. The maximum atomic E-state index is 12.7. The van der Waals surface area contributed by atoms with E-state index < -0.39 is 0 Å². The zero-order chi connectivity index (χ0) is 18.8. The van der Waals surface area contributed by atoms with Gasteiger partial charge in [-0.2, -0.15) is 5.10 Å². The van der Waals surface area contributed by atoms with Crippen molar-refractivity contribution in [3.63, 3.8) is 0 Å². The van der Waals surface area contributed by atoms with Crippen LogP contribution >= 0.6 is 11.8 Å². The lowest BCUT2D eigenvalue weighted by Crippen LogP contribution is -2.23. The lowest BCUT2D eigenvalue weighted by Gasteiger charge is -2.13. The van der Waals surface area contributed by atoms with E-state index in [4.69, 9.17) is 0 Å². The number of hydrogen-bond acceptors (Lipinski definition) is 4. The van der Waals surface area contributed by atoms with Crippen molar-refractivity contribution in [3.05, 3.63) is 48.3 Å². The Morgan fingerprint density at radius 2 is 2.12 bits per heavy atom. The Bertz CT molecular complexity index is 972. The van der Waals surface area contributed by atoms with Gasteiger partial charge >= 0.3 is 0 Å². The van der Waals surface area contributed by atoms with Crippen molar-refractivity contribution in [2.45, 2.75) is 37.7 Å². The number of anilines is 1. The van der Waals surface area contributed by atoms with E-state index in [-0.39, 0.29) is 11.2 Å². The highest BCUT2D eigenvalue weighted by atomic mass is 32.2. The summed E-state index contributed by atoms with van der Waals surface area (Å²) in [6.07, 6.45) is 1.84. The van der Waals surface area contributed by atoms with E-state index in [1.807, 2.05) is 58.2 Å². The fourth-order valence-corrected chi connectivity index (χ4v) is 3.77. The van der Waals surface area contributed by atoms with E-state index in [0.717, 1.165) is 33.3 Å². The van der Waals surface area contributed by atoms with E-state index in [2.05, 4.69) is 26.5 Å². The molecule has 2 aromatic heterocycles. The molecule has 1 amide bonds. The van der Waals surface area contributed by atoms with E-state index in [1.165, 1.54) is 11.8 Å². The number of benzene rings is 1. The van der Waals surface area contributed by atoms with E-state index in [0.29, 0.717) is 6.54 Å². The summed E-state index contributed by atoms with van der Waals surface area (Å²) in [5, 5.41) is 7.86. The molecule has 3 rings (SSSR count).